The van der Waals surface area contributed by atoms with Gasteiger partial charge < -0.3 is 4.42 Å². The van der Waals surface area contributed by atoms with Crippen LogP contribution < -0.4 is 0 Å². The van der Waals surface area contributed by atoms with Crippen LogP contribution in [0.4, 0.5) is 4.39 Å². The Balaban J connectivity index is 1.66. The Morgan fingerprint density at radius 3 is 2.47 bits per heavy atom. The molecule has 0 aliphatic heterocycles. The van der Waals surface area contributed by atoms with Crippen LogP contribution in [-0.2, 0) is 0 Å². The summed E-state index contributed by atoms with van der Waals surface area (Å²) in [6.07, 6.45) is 1.78. The van der Waals surface area contributed by atoms with E-state index < -0.39 is 0 Å². The van der Waals surface area contributed by atoms with Crippen molar-refractivity contribution in [1.29, 1.82) is 0 Å². The normalized spacial score (nSPS) is 11.6. The van der Waals surface area contributed by atoms with E-state index in [1.165, 1.54) is 12.1 Å². The number of furan rings is 1. The Labute approximate surface area is 174 Å². The molecule has 0 aliphatic carbocycles. The second kappa shape index (κ2) is 7.06. The highest BCUT2D eigenvalue weighted by Crippen LogP contribution is 2.37. The van der Waals surface area contributed by atoms with Crippen molar-refractivity contribution in [2.75, 3.05) is 0 Å². The Bertz CT molecular complexity index is 1380. The molecule has 0 aliphatic rings. The van der Waals surface area contributed by atoms with Crippen LogP contribution in [0.2, 0.25) is 0 Å². The first-order valence-corrected chi connectivity index (χ1v) is 10.1. The molecule has 4 heteroatoms. The number of halogens is 1. The third-order valence-corrected chi connectivity index (χ3v) is 5.51. The van der Waals surface area contributed by atoms with Gasteiger partial charge in [-0.1, -0.05) is 44.2 Å². The van der Waals surface area contributed by atoms with Gasteiger partial charge in [0, 0.05) is 33.8 Å². The SMILES string of the molecule is Cc1ccc2c(oc3nc(C(C)C)ccc32)c1-c1ccc(-c2cccc(F)c2)cn1. The molecule has 5 rings (SSSR count). The number of rotatable bonds is 3. The van der Waals surface area contributed by atoms with E-state index in [2.05, 4.69) is 50.0 Å². The number of hydrogen-bond donors (Lipinski definition) is 0. The molecule has 3 heterocycles. The highest BCUT2D eigenvalue weighted by molar-refractivity contribution is 6.09. The molecular formula is C26H21FN2O. The number of nitrogens with zero attached hydrogens (tertiary/aromatic N) is 2. The van der Waals surface area contributed by atoms with Crippen molar-refractivity contribution in [1.82, 2.24) is 9.97 Å². The minimum absolute atomic E-state index is 0.257. The molecule has 0 saturated carbocycles. The monoisotopic (exact) mass is 396 g/mol. The molecule has 0 N–H and O–H groups in total. The number of pyridine rings is 2. The van der Waals surface area contributed by atoms with Crippen molar-refractivity contribution in [3.8, 4) is 22.4 Å². The van der Waals surface area contributed by atoms with E-state index >= 15 is 0 Å². The second-order valence-corrected chi connectivity index (χ2v) is 7.92. The minimum Gasteiger partial charge on any atom is -0.437 e. The molecule has 30 heavy (non-hydrogen) atoms. The van der Waals surface area contributed by atoms with Crippen LogP contribution in [0.5, 0.6) is 0 Å². The summed E-state index contributed by atoms with van der Waals surface area (Å²) >= 11 is 0. The van der Waals surface area contributed by atoms with Gasteiger partial charge in [0.15, 0.2) is 0 Å². The van der Waals surface area contributed by atoms with Crippen molar-refractivity contribution in [2.45, 2.75) is 26.7 Å². The van der Waals surface area contributed by atoms with Crippen molar-refractivity contribution < 1.29 is 8.81 Å². The first-order valence-electron chi connectivity index (χ1n) is 10.1. The lowest BCUT2D eigenvalue weighted by atomic mass is 10.00. The van der Waals surface area contributed by atoms with Crippen LogP contribution in [0.3, 0.4) is 0 Å². The molecule has 0 saturated heterocycles. The topological polar surface area (TPSA) is 38.9 Å². The Hall–Kier alpha value is -3.53. The van der Waals surface area contributed by atoms with Crippen molar-refractivity contribution in [3.63, 3.8) is 0 Å². The summed E-state index contributed by atoms with van der Waals surface area (Å²) in [6.45, 7) is 6.30. The molecule has 0 atom stereocenters. The summed E-state index contributed by atoms with van der Waals surface area (Å²) in [7, 11) is 0. The highest BCUT2D eigenvalue weighted by Gasteiger charge is 2.17. The van der Waals surface area contributed by atoms with Crippen molar-refractivity contribution in [2.24, 2.45) is 0 Å². The maximum atomic E-state index is 13.6. The molecule has 0 unspecified atom stereocenters. The molecule has 5 aromatic rings. The van der Waals surface area contributed by atoms with Crippen LogP contribution in [0.25, 0.3) is 44.5 Å². The van der Waals surface area contributed by atoms with E-state index in [1.807, 2.05) is 18.2 Å². The molecule has 3 nitrogen and oxygen atoms in total. The lowest BCUT2D eigenvalue weighted by molar-refractivity contribution is 0.628. The van der Waals surface area contributed by atoms with Gasteiger partial charge in [0.25, 0.3) is 0 Å². The molecular weight excluding hydrogens is 375 g/mol. The van der Waals surface area contributed by atoms with Gasteiger partial charge in [-0.2, -0.15) is 0 Å². The Kier molecular flexibility index (Phi) is 4.35. The number of aromatic nitrogens is 2. The molecule has 2 aromatic carbocycles. The number of benzene rings is 2. The average molecular weight is 396 g/mol. The van der Waals surface area contributed by atoms with Crippen LogP contribution in [-0.4, -0.2) is 9.97 Å². The largest absolute Gasteiger partial charge is 0.437 e. The first-order chi connectivity index (χ1) is 14.5. The number of hydrogen-bond acceptors (Lipinski definition) is 3. The maximum absolute atomic E-state index is 13.6. The predicted molar refractivity (Wildman–Crippen MR) is 119 cm³/mol. The number of fused-ring (bicyclic) bond motifs is 3. The van der Waals surface area contributed by atoms with Crippen LogP contribution in [0.15, 0.2) is 71.3 Å². The molecule has 0 spiro atoms. The van der Waals surface area contributed by atoms with Crippen LogP contribution in [0.1, 0.15) is 31.0 Å². The smallest absolute Gasteiger partial charge is 0.227 e. The van der Waals surface area contributed by atoms with Gasteiger partial charge in [-0.15, -0.1) is 0 Å². The maximum Gasteiger partial charge on any atom is 0.227 e. The van der Waals surface area contributed by atoms with Gasteiger partial charge in [0.2, 0.25) is 5.71 Å². The fraction of sp³-hybridized carbons (Fsp3) is 0.154. The molecule has 0 fully saturated rings. The van der Waals surface area contributed by atoms with Gasteiger partial charge in [-0.05, 0) is 54.3 Å². The van der Waals surface area contributed by atoms with Crippen molar-refractivity contribution in [3.05, 3.63) is 83.9 Å². The molecule has 0 bridgehead atoms. The lowest BCUT2D eigenvalue weighted by Gasteiger charge is -2.08. The fourth-order valence-electron chi connectivity index (χ4n) is 3.85. The predicted octanol–water partition coefficient (Wildman–Crippen LogP) is 7.28. The lowest BCUT2D eigenvalue weighted by Crippen LogP contribution is -1.90. The zero-order valence-corrected chi connectivity index (χ0v) is 17.1. The quantitative estimate of drug-likeness (QED) is 0.322. The number of aryl methyl sites for hydroxylation is 1. The molecule has 3 aromatic heterocycles. The van der Waals surface area contributed by atoms with Crippen LogP contribution in [0, 0.1) is 12.7 Å². The van der Waals surface area contributed by atoms with E-state index in [0.29, 0.717) is 11.6 Å². The van der Waals surface area contributed by atoms with E-state index in [4.69, 9.17) is 9.40 Å². The fourth-order valence-corrected chi connectivity index (χ4v) is 3.85. The zero-order valence-electron chi connectivity index (χ0n) is 17.1. The second-order valence-electron chi connectivity index (χ2n) is 7.92. The van der Waals surface area contributed by atoms with Gasteiger partial charge >= 0.3 is 0 Å². The Morgan fingerprint density at radius 1 is 0.900 bits per heavy atom. The highest BCUT2D eigenvalue weighted by atomic mass is 19.1. The Morgan fingerprint density at radius 2 is 1.73 bits per heavy atom. The van der Waals surface area contributed by atoms with E-state index in [1.54, 1.807) is 12.3 Å². The third kappa shape index (κ3) is 3.05. The van der Waals surface area contributed by atoms with Gasteiger partial charge in [0.1, 0.15) is 11.4 Å². The summed E-state index contributed by atoms with van der Waals surface area (Å²) in [5.74, 6) is 0.0774. The van der Waals surface area contributed by atoms with Gasteiger partial charge in [-0.3, -0.25) is 4.98 Å². The standard InChI is InChI=1S/C26H21FN2O/c1-15(2)22-12-10-21-20-9-7-16(3)24(25(20)30-26(21)29-22)23-11-8-18(14-28-23)17-5-4-6-19(27)13-17/h4-15H,1-3H3. The third-order valence-electron chi connectivity index (χ3n) is 5.51. The summed E-state index contributed by atoms with van der Waals surface area (Å²) in [4.78, 5) is 9.39. The molecule has 0 radical (unpaired) electrons. The summed E-state index contributed by atoms with van der Waals surface area (Å²) in [5.41, 5.74) is 7.00. The van der Waals surface area contributed by atoms with Gasteiger partial charge in [0.05, 0.1) is 5.69 Å². The molecule has 148 valence electrons. The van der Waals surface area contributed by atoms with E-state index in [-0.39, 0.29) is 5.82 Å². The van der Waals surface area contributed by atoms with Gasteiger partial charge in [-0.25, -0.2) is 9.37 Å². The summed E-state index contributed by atoms with van der Waals surface area (Å²) in [6, 6.07) is 18.8. The minimum atomic E-state index is -0.257. The summed E-state index contributed by atoms with van der Waals surface area (Å²) in [5, 5.41) is 2.04. The van der Waals surface area contributed by atoms with E-state index in [9.17, 15) is 4.39 Å². The van der Waals surface area contributed by atoms with Crippen LogP contribution >= 0.6 is 0 Å². The van der Waals surface area contributed by atoms with E-state index in [0.717, 1.165) is 50.0 Å². The average Bonchev–Trinajstić information content (AvgIpc) is 3.11. The first kappa shape index (κ1) is 18.5. The summed E-state index contributed by atoms with van der Waals surface area (Å²) < 4.78 is 19.8. The zero-order chi connectivity index (χ0) is 20.8. The van der Waals surface area contributed by atoms with Crippen molar-refractivity contribution >= 4 is 22.1 Å². The molecule has 0 amide bonds.